The van der Waals surface area contributed by atoms with Gasteiger partial charge in [-0.2, -0.15) is 0 Å². The van der Waals surface area contributed by atoms with Crippen molar-refractivity contribution in [2.45, 2.75) is 37.6 Å². The predicted molar refractivity (Wildman–Crippen MR) is 48.7 cm³/mol. The number of hydrogen-bond acceptors (Lipinski definition) is 6. The van der Waals surface area contributed by atoms with Gasteiger partial charge in [0.1, 0.15) is 0 Å². The molecule has 1 rings (SSSR count). The Hall–Kier alpha value is -0.760. The molecule has 0 bridgehead atoms. The highest BCUT2D eigenvalue weighted by atomic mass is 16.7. The second-order valence-electron chi connectivity index (χ2n) is 3.46. The van der Waals surface area contributed by atoms with Crippen molar-refractivity contribution in [3.8, 4) is 0 Å². The first-order valence-electron chi connectivity index (χ1n) is 4.54. The van der Waals surface area contributed by atoms with Crippen LogP contribution in [0.4, 0.5) is 0 Å². The van der Waals surface area contributed by atoms with Gasteiger partial charge in [0.05, 0.1) is 17.4 Å². The Kier molecular flexibility index (Phi) is 3.61. The van der Waals surface area contributed by atoms with E-state index in [0.29, 0.717) is 0 Å². The van der Waals surface area contributed by atoms with Crippen molar-refractivity contribution >= 4 is 0 Å². The van der Waals surface area contributed by atoms with Crippen molar-refractivity contribution < 1.29 is 24.2 Å². The summed E-state index contributed by atoms with van der Waals surface area (Å²) in [5.41, 5.74) is -1.85. The number of methoxy groups -OCH3 is 2. The van der Waals surface area contributed by atoms with Crippen molar-refractivity contribution in [1.82, 2.24) is 0 Å². The Morgan fingerprint density at radius 2 is 2.20 bits per heavy atom. The summed E-state index contributed by atoms with van der Waals surface area (Å²) >= 11 is 0. The molecule has 0 aromatic heterocycles. The van der Waals surface area contributed by atoms with Crippen LogP contribution in [0, 0.1) is 10.1 Å². The average Bonchev–Trinajstić information content (AvgIpc) is 2.21. The highest BCUT2D eigenvalue weighted by Gasteiger charge is 2.58. The molecule has 1 aliphatic heterocycles. The summed E-state index contributed by atoms with van der Waals surface area (Å²) < 4.78 is 14.9. The predicted octanol–water partition coefficient (Wildman–Crippen LogP) is -0.252. The number of nitro groups is 1. The van der Waals surface area contributed by atoms with Crippen LogP contribution in [-0.4, -0.2) is 48.5 Å². The second-order valence-corrected chi connectivity index (χ2v) is 3.46. The topological polar surface area (TPSA) is 91.1 Å². The summed E-state index contributed by atoms with van der Waals surface area (Å²) in [6, 6.07) is 0. The van der Waals surface area contributed by atoms with Crippen molar-refractivity contribution in [2.24, 2.45) is 0 Å². The van der Waals surface area contributed by atoms with Crippen molar-refractivity contribution in [1.29, 1.82) is 0 Å². The van der Waals surface area contributed by atoms with E-state index in [0.717, 1.165) is 0 Å². The molecule has 0 amide bonds. The normalized spacial score (nSPS) is 41.5. The van der Waals surface area contributed by atoms with Crippen LogP contribution in [0.25, 0.3) is 0 Å². The maximum Gasteiger partial charge on any atom is 0.357 e. The number of ether oxygens (including phenoxy) is 3. The van der Waals surface area contributed by atoms with Gasteiger partial charge in [-0.1, -0.05) is 0 Å². The third kappa shape index (κ3) is 1.96. The third-order valence-electron chi connectivity index (χ3n) is 2.66. The molecule has 1 heterocycles. The van der Waals surface area contributed by atoms with Crippen molar-refractivity contribution in [3.05, 3.63) is 10.1 Å². The molecule has 0 spiro atoms. The molecule has 4 atom stereocenters. The summed E-state index contributed by atoms with van der Waals surface area (Å²) in [5, 5.41) is 20.7. The number of aliphatic hydroxyl groups excluding tert-OH is 1. The van der Waals surface area contributed by atoms with Crippen molar-refractivity contribution in [3.63, 3.8) is 0 Å². The maximum atomic E-state index is 10.9. The fourth-order valence-electron chi connectivity index (χ4n) is 1.69. The maximum absolute atomic E-state index is 10.9. The van der Waals surface area contributed by atoms with E-state index in [1.54, 1.807) is 0 Å². The van der Waals surface area contributed by atoms with Crippen LogP contribution in [0.1, 0.15) is 13.3 Å². The summed E-state index contributed by atoms with van der Waals surface area (Å²) in [4.78, 5) is 10.3. The molecule has 7 nitrogen and oxygen atoms in total. The minimum Gasteiger partial charge on any atom is -0.381 e. The van der Waals surface area contributed by atoms with Crippen LogP contribution in [0.15, 0.2) is 0 Å². The first kappa shape index (κ1) is 12.3. The first-order valence-corrected chi connectivity index (χ1v) is 4.54. The van der Waals surface area contributed by atoms with Gasteiger partial charge in [0.15, 0.2) is 12.4 Å². The molecule has 1 fully saturated rings. The van der Waals surface area contributed by atoms with Crippen LogP contribution in [0.5, 0.6) is 0 Å². The number of rotatable bonds is 3. The van der Waals surface area contributed by atoms with E-state index in [2.05, 4.69) is 0 Å². The monoisotopic (exact) mass is 221 g/mol. The molecule has 0 aliphatic carbocycles. The standard InChI is InChI=1S/C8H15NO6/c1-5-7(10)8(14-3,9(11)12)4-6(13-2)15-5/h5-7,10H,4H2,1-3H3/t5-,6+,7-,8+/m0/s1. The third-order valence-corrected chi connectivity index (χ3v) is 2.66. The van der Waals surface area contributed by atoms with Crippen LogP contribution in [-0.2, 0) is 14.2 Å². The number of hydrogen-bond donors (Lipinski definition) is 1. The zero-order chi connectivity index (χ0) is 11.6. The molecule has 7 heteroatoms. The molecule has 0 aromatic carbocycles. The lowest BCUT2D eigenvalue weighted by molar-refractivity contribution is -0.655. The first-order chi connectivity index (χ1) is 6.97. The van der Waals surface area contributed by atoms with Crippen LogP contribution in [0.2, 0.25) is 0 Å². The summed E-state index contributed by atoms with van der Waals surface area (Å²) in [6.07, 6.45) is -2.91. The van der Waals surface area contributed by atoms with Gasteiger partial charge in [0.2, 0.25) is 0 Å². The van der Waals surface area contributed by atoms with Crippen LogP contribution >= 0.6 is 0 Å². The molecular weight excluding hydrogens is 206 g/mol. The van der Waals surface area contributed by atoms with E-state index in [1.807, 2.05) is 0 Å². The zero-order valence-corrected chi connectivity index (χ0v) is 8.87. The molecule has 1 saturated heterocycles. The number of aliphatic hydroxyl groups is 1. The summed E-state index contributed by atoms with van der Waals surface area (Å²) in [6.45, 7) is 1.53. The number of nitrogens with zero attached hydrogens (tertiary/aromatic N) is 1. The Labute approximate surface area is 87.1 Å². The van der Waals surface area contributed by atoms with Crippen molar-refractivity contribution in [2.75, 3.05) is 14.2 Å². The highest BCUT2D eigenvalue weighted by molar-refractivity contribution is 4.88. The SMILES string of the molecule is CO[C@H]1C[C@](OC)([N+](=O)[O-])[C@@H](O)[C@H](C)O1. The molecule has 0 radical (unpaired) electrons. The fraction of sp³-hybridized carbons (Fsp3) is 1.00. The van der Waals surface area contributed by atoms with Gasteiger partial charge >= 0.3 is 5.72 Å². The highest BCUT2D eigenvalue weighted by Crippen LogP contribution is 2.32. The fourth-order valence-corrected chi connectivity index (χ4v) is 1.69. The molecule has 0 saturated carbocycles. The van der Waals surface area contributed by atoms with Gasteiger partial charge in [-0.05, 0) is 6.92 Å². The van der Waals surface area contributed by atoms with Gasteiger partial charge in [-0.15, -0.1) is 0 Å². The lowest BCUT2D eigenvalue weighted by atomic mass is 9.95. The molecule has 1 aliphatic rings. The Balaban J connectivity index is 2.96. The summed E-state index contributed by atoms with van der Waals surface area (Å²) in [7, 11) is 2.58. The summed E-state index contributed by atoms with van der Waals surface area (Å²) in [5.74, 6) is 0. The van der Waals surface area contributed by atoms with Crippen LogP contribution < -0.4 is 0 Å². The lowest BCUT2D eigenvalue weighted by Crippen LogP contribution is -2.62. The van der Waals surface area contributed by atoms with Gasteiger partial charge in [-0.25, -0.2) is 0 Å². The average molecular weight is 221 g/mol. The molecule has 0 aromatic rings. The molecule has 1 N–H and O–H groups in total. The Bertz CT molecular complexity index is 247. The lowest BCUT2D eigenvalue weighted by Gasteiger charge is -2.39. The second kappa shape index (κ2) is 4.40. The molecular formula is C8H15NO6. The quantitative estimate of drug-likeness (QED) is 0.401. The van der Waals surface area contributed by atoms with E-state index in [4.69, 9.17) is 14.2 Å². The zero-order valence-electron chi connectivity index (χ0n) is 8.87. The Morgan fingerprint density at radius 3 is 2.60 bits per heavy atom. The van der Waals surface area contributed by atoms with E-state index >= 15 is 0 Å². The Morgan fingerprint density at radius 1 is 1.60 bits per heavy atom. The van der Waals surface area contributed by atoms with Crippen LogP contribution in [0.3, 0.4) is 0 Å². The molecule has 0 unspecified atom stereocenters. The van der Waals surface area contributed by atoms with E-state index < -0.39 is 29.1 Å². The minimum atomic E-state index is -1.85. The van der Waals surface area contributed by atoms with E-state index in [9.17, 15) is 15.2 Å². The van der Waals surface area contributed by atoms with Gasteiger partial charge in [0.25, 0.3) is 0 Å². The van der Waals surface area contributed by atoms with Gasteiger partial charge in [-0.3, -0.25) is 10.1 Å². The van der Waals surface area contributed by atoms with Gasteiger partial charge in [0, 0.05) is 14.2 Å². The largest absolute Gasteiger partial charge is 0.381 e. The van der Waals surface area contributed by atoms with E-state index in [-0.39, 0.29) is 6.42 Å². The molecule has 15 heavy (non-hydrogen) atoms. The van der Waals surface area contributed by atoms with Gasteiger partial charge < -0.3 is 19.3 Å². The molecule has 88 valence electrons. The smallest absolute Gasteiger partial charge is 0.357 e. The minimum absolute atomic E-state index is 0.140. The van der Waals surface area contributed by atoms with E-state index in [1.165, 1.54) is 21.1 Å².